The number of quaternary nitrogens is 1. The largest absolute Gasteiger partial charge is 0.328 e. The van der Waals surface area contributed by atoms with Gasteiger partial charge in [0.2, 0.25) is 5.82 Å². The number of piperidine rings is 1. The van der Waals surface area contributed by atoms with Gasteiger partial charge in [0.25, 0.3) is 0 Å². The van der Waals surface area contributed by atoms with Gasteiger partial charge in [-0.15, -0.1) is 5.10 Å². The average Bonchev–Trinajstić information content (AvgIpc) is 2.90. The van der Waals surface area contributed by atoms with Gasteiger partial charge in [-0.05, 0) is 41.5 Å². The number of likely N-dealkylation sites (tertiary alicyclic amines) is 1. The van der Waals surface area contributed by atoms with Crippen LogP contribution in [0.4, 0.5) is 0 Å². The van der Waals surface area contributed by atoms with Crippen molar-refractivity contribution in [3.8, 4) is 5.69 Å². The Balaban J connectivity index is 1.81. The molecule has 1 saturated heterocycles. The Hall–Kier alpha value is -1.17. The number of nitrogens with one attached hydrogen (secondary N) is 1. The molecule has 0 spiro atoms. The van der Waals surface area contributed by atoms with E-state index in [0.29, 0.717) is 10.0 Å². The van der Waals surface area contributed by atoms with Crippen LogP contribution in [0.25, 0.3) is 5.69 Å². The second-order valence-corrected chi connectivity index (χ2v) is 6.55. The van der Waals surface area contributed by atoms with E-state index >= 15 is 0 Å². The highest BCUT2D eigenvalue weighted by Gasteiger charge is 2.22. The number of aromatic nitrogens is 4. The Morgan fingerprint density at radius 3 is 2.95 bits per heavy atom. The molecule has 0 radical (unpaired) electrons. The zero-order valence-corrected chi connectivity index (χ0v) is 13.4. The number of halogens is 2. The van der Waals surface area contributed by atoms with E-state index in [1.54, 1.807) is 16.8 Å². The van der Waals surface area contributed by atoms with Crippen molar-refractivity contribution in [1.82, 2.24) is 20.2 Å². The second-order valence-electron chi connectivity index (χ2n) is 5.73. The number of hydrogen-bond donors (Lipinski definition) is 1. The third-order valence-electron chi connectivity index (χ3n) is 3.95. The van der Waals surface area contributed by atoms with E-state index in [-0.39, 0.29) is 0 Å². The summed E-state index contributed by atoms with van der Waals surface area (Å²) < 4.78 is 1.74. The molecule has 1 aliphatic rings. The van der Waals surface area contributed by atoms with Crippen LogP contribution in [0, 0.1) is 5.92 Å². The Labute approximate surface area is 133 Å². The van der Waals surface area contributed by atoms with Gasteiger partial charge in [0.1, 0.15) is 6.54 Å². The van der Waals surface area contributed by atoms with Gasteiger partial charge in [0.05, 0.1) is 28.8 Å². The highest BCUT2D eigenvalue weighted by molar-refractivity contribution is 6.42. The van der Waals surface area contributed by atoms with Gasteiger partial charge in [-0.25, -0.2) is 0 Å². The van der Waals surface area contributed by atoms with Gasteiger partial charge in [-0.3, -0.25) is 0 Å². The quantitative estimate of drug-likeness (QED) is 0.935. The molecule has 21 heavy (non-hydrogen) atoms. The van der Waals surface area contributed by atoms with Gasteiger partial charge >= 0.3 is 0 Å². The van der Waals surface area contributed by atoms with E-state index in [0.717, 1.165) is 24.0 Å². The Morgan fingerprint density at radius 2 is 2.19 bits per heavy atom. The van der Waals surface area contributed by atoms with E-state index in [9.17, 15) is 0 Å². The predicted molar refractivity (Wildman–Crippen MR) is 82.0 cm³/mol. The molecule has 2 heterocycles. The van der Waals surface area contributed by atoms with Crippen LogP contribution in [-0.2, 0) is 6.54 Å². The fraction of sp³-hybridized carbons (Fsp3) is 0.500. The molecule has 2 atom stereocenters. The molecular weight excluding hydrogens is 309 g/mol. The Morgan fingerprint density at radius 1 is 1.33 bits per heavy atom. The fourth-order valence-electron chi connectivity index (χ4n) is 2.91. The maximum absolute atomic E-state index is 6.07. The van der Waals surface area contributed by atoms with Crippen LogP contribution in [-0.4, -0.2) is 33.3 Å². The van der Waals surface area contributed by atoms with Crippen molar-refractivity contribution in [2.45, 2.75) is 26.3 Å². The lowest BCUT2D eigenvalue weighted by Gasteiger charge is -2.27. The molecule has 7 heteroatoms. The topological polar surface area (TPSA) is 48.0 Å². The summed E-state index contributed by atoms with van der Waals surface area (Å²) in [6.45, 7) is 5.49. The predicted octanol–water partition coefficient (Wildman–Crippen LogP) is 1.78. The minimum atomic E-state index is 0.509. The van der Waals surface area contributed by atoms with Crippen LogP contribution in [0.15, 0.2) is 18.2 Å². The summed E-state index contributed by atoms with van der Waals surface area (Å²) in [7, 11) is 0. The van der Waals surface area contributed by atoms with Crippen molar-refractivity contribution < 1.29 is 4.90 Å². The van der Waals surface area contributed by atoms with E-state index in [4.69, 9.17) is 23.2 Å². The van der Waals surface area contributed by atoms with E-state index < -0.39 is 0 Å². The van der Waals surface area contributed by atoms with Gasteiger partial charge in [0.15, 0.2) is 0 Å². The standard InChI is InChI=1S/C14H17Cl2N5/c1-10-3-2-6-20(8-10)9-14-17-18-19-21(14)11-4-5-12(15)13(16)7-11/h4-5,7,10H,2-3,6,8-9H2,1H3/p+1/t10-/m1/s1. The highest BCUT2D eigenvalue weighted by atomic mass is 35.5. The third-order valence-corrected chi connectivity index (χ3v) is 4.69. The van der Waals surface area contributed by atoms with Crippen LogP contribution in [0.5, 0.6) is 0 Å². The number of hydrogen-bond acceptors (Lipinski definition) is 3. The molecule has 0 amide bonds. The van der Waals surface area contributed by atoms with Crippen molar-refractivity contribution in [3.05, 3.63) is 34.1 Å². The molecule has 1 fully saturated rings. The molecular formula is C14H18Cl2N5+. The maximum Gasteiger partial charge on any atom is 0.210 e. The lowest BCUT2D eigenvalue weighted by atomic mass is 10.0. The summed E-state index contributed by atoms with van der Waals surface area (Å²) in [5.74, 6) is 1.63. The molecule has 0 aliphatic carbocycles. The molecule has 1 unspecified atom stereocenters. The van der Waals surface area contributed by atoms with Crippen molar-refractivity contribution in [1.29, 1.82) is 0 Å². The zero-order chi connectivity index (χ0) is 14.8. The normalized spacial score (nSPS) is 22.4. The van der Waals surface area contributed by atoms with Crippen LogP contribution in [0.1, 0.15) is 25.6 Å². The van der Waals surface area contributed by atoms with E-state index in [1.807, 2.05) is 6.07 Å². The molecule has 2 aromatic rings. The average molecular weight is 327 g/mol. The van der Waals surface area contributed by atoms with Crippen molar-refractivity contribution in [2.24, 2.45) is 5.92 Å². The van der Waals surface area contributed by atoms with Gasteiger partial charge in [0, 0.05) is 5.92 Å². The molecule has 5 nitrogen and oxygen atoms in total. The second kappa shape index (κ2) is 6.30. The van der Waals surface area contributed by atoms with Crippen LogP contribution >= 0.6 is 23.2 Å². The first-order valence-electron chi connectivity index (χ1n) is 7.19. The van der Waals surface area contributed by atoms with Crippen molar-refractivity contribution >= 4 is 23.2 Å². The molecule has 0 saturated carbocycles. The van der Waals surface area contributed by atoms with Gasteiger partial charge in [-0.2, -0.15) is 4.68 Å². The van der Waals surface area contributed by atoms with Crippen molar-refractivity contribution in [3.63, 3.8) is 0 Å². The summed E-state index contributed by atoms with van der Waals surface area (Å²) in [4.78, 5) is 1.53. The van der Waals surface area contributed by atoms with E-state index in [2.05, 4.69) is 22.4 Å². The third kappa shape index (κ3) is 3.36. The molecule has 1 N–H and O–H groups in total. The monoisotopic (exact) mass is 326 g/mol. The highest BCUT2D eigenvalue weighted by Crippen LogP contribution is 2.24. The van der Waals surface area contributed by atoms with Gasteiger partial charge in [-0.1, -0.05) is 30.1 Å². The van der Waals surface area contributed by atoms with Crippen LogP contribution in [0.2, 0.25) is 10.0 Å². The lowest BCUT2D eigenvalue weighted by Crippen LogP contribution is -3.12. The molecule has 1 aromatic carbocycles. The molecule has 3 rings (SSSR count). The van der Waals surface area contributed by atoms with Crippen LogP contribution < -0.4 is 4.90 Å². The number of rotatable bonds is 3. The summed E-state index contributed by atoms with van der Waals surface area (Å²) in [6.07, 6.45) is 2.59. The Bertz CT molecular complexity index is 628. The molecule has 1 aromatic heterocycles. The molecule has 1 aliphatic heterocycles. The van der Waals surface area contributed by atoms with E-state index in [1.165, 1.54) is 30.8 Å². The number of tetrazole rings is 1. The number of nitrogens with zero attached hydrogens (tertiary/aromatic N) is 4. The summed E-state index contributed by atoms with van der Waals surface area (Å²) in [5, 5.41) is 13.1. The minimum Gasteiger partial charge on any atom is -0.328 e. The SMILES string of the molecule is C[C@@H]1CCC[NH+](Cc2nnnn2-c2ccc(Cl)c(Cl)c2)C1. The van der Waals surface area contributed by atoms with Crippen molar-refractivity contribution in [2.75, 3.05) is 13.1 Å². The molecule has 0 bridgehead atoms. The zero-order valence-electron chi connectivity index (χ0n) is 11.9. The first-order chi connectivity index (χ1) is 10.1. The smallest absolute Gasteiger partial charge is 0.210 e. The lowest BCUT2D eigenvalue weighted by molar-refractivity contribution is -0.922. The molecule has 112 valence electrons. The fourth-order valence-corrected chi connectivity index (χ4v) is 3.21. The maximum atomic E-state index is 6.07. The first-order valence-corrected chi connectivity index (χ1v) is 7.95. The first kappa shape index (κ1) is 14.8. The summed E-state index contributed by atoms with van der Waals surface area (Å²) in [6, 6.07) is 5.43. The summed E-state index contributed by atoms with van der Waals surface area (Å²) in [5.41, 5.74) is 0.842. The minimum absolute atomic E-state index is 0.509. The van der Waals surface area contributed by atoms with Gasteiger partial charge < -0.3 is 4.90 Å². The van der Waals surface area contributed by atoms with Crippen LogP contribution in [0.3, 0.4) is 0 Å². The Kier molecular flexibility index (Phi) is 4.42. The number of benzene rings is 1. The summed E-state index contributed by atoms with van der Waals surface area (Å²) >= 11 is 12.0.